The standard InChI is InChI=1S/C12H17N3O/c1-9(16)14-12-6-5-10(8-13-12)11-4-3-7-15(11)2/h5-6,8,11H,3-4,7H2,1-2H3,(H,13,14,16). The minimum atomic E-state index is -0.0850. The van der Waals surface area contributed by atoms with Crippen molar-refractivity contribution in [2.75, 3.05) is 18.9 Å². The molecule has 1 aromatic heterocycles. The Kier molecular flexibility index (Phi) is 3.19. The molecular weight excluding hydrogens is 202 g/mol. The number of hydrogen-bond acceptors (Lipinski definition) is 3. The van der Waals surface area contributed by atoms with E-state index < -0.39 is 0 Å². The lowest BCUT2D eigenvalue weighted by Crippen LogP contribution is -2.17. The second kappa shape index (κ2) is 4.61. The maximum Gasteiger partial charge on any atom is 0.222 e. The summed E-state index contributed by atoms with van der Waals surface area (Å²) < 4.78 is 0. The van der Waals surface area contributed by atoms with Gasteiger partial charge in [0.25, 0.3) is 0 Å². The SMILES string of the molecule is CC(=O)Nc1ccc(C2CCCN2C)cn1. The zero-order valence-electron chi connectivity index (χ0n) is 9.73. The quantitative estimate of drug-likeness (QED) is 0.825. The number of hydrogen-bond donors (Lipinski definition) is 1. The van der Waals surface area contributed by atoms with Crippen LogP contribution in [0.15, 0.2) is 18.3 Å². The Morgan fingerprint density at radius 2 is 2.38 bits per heavy atom. The van der Waals surface area contributed by atoms with E-state index in [2.05, 4.69) is 22.2 Å². The highest BCUT2D eigenvalue weighted by Crippen LogP contribution is 2.29. The molecule has 1 fully saturated rings. The Hall–Kier alpha value is -1.42. The predicted octanol–water partition coefficient (Wildman–Crippen LogP) is 1.81. The predicted molar refractivity (Wildman–Crippen MR) is 63.1 cm³/mol. The molecule has 2 heterocycles. The summed E-state index contributed by atoms with van der Waals surface area (Å²) in [6.07, 6.45) is 4.30. The van der Waals surface area contributed by atoms with Gasteiger partial charge in [0.15, 0.2) is 0 Å². The molecule has 0 bridgehead atoms. The maximum absolute atomic E-state index is 10.8. The summed E-state index contributed by atoms with van der Waals surface area (Å²) in [5.41, 5.74) is 1.23. The molecule has 4 nitrogen and oxygen atoms in total. The smallest absolute Gasteiger partial charge is 0.222 e. The fourth-order valence-electron chi connectivity index (χ4n) is 2.19. The second-order valence-corrected chi connectivity index (χ2v) is 4.30. The highest BCUT2D eigenvalue weighted by atomic mass is 16.1. The molecule has 16 heavy (non-hydrogen) atoms. The molecule has 86 valence electrons. The van der Waals surface area contributed by atoms with Gasteiger partial charge in [0, 0.05) is 19.2 Å². The van der Waals surface area contributed by atoms with Gasteiger partial charge < -0.3 is 5.32 Å². The summed E-state index contributed by atoms with van der Waals surface area (Å²) in [4.78, 5) is 17.4. The van der Waals surface area contributed by atoms with Crippen molar-refractivity contribution < 1.29 is 4.79 Å². The van der Waals surface area contributed by atoms with Gasteiger partial charge in [0.05, 0.1) is 0 Å². The van der Waals surface area contributed by atoms with Crippen molar-refractivity contribution in [3.05, 3.63) is 23.9 Å². The van der Waals surface area contributed by atoms with Crippen LogP contribution in [0, 0.1) is 0 Å². The molecule has 1 atom stereocenters. The molecule has 1 aromatic rings. The Morgan fingerprint density at radius 3 is 2.88 bits per heavy atom. The van der Waals surface area contributed by atoms with E-state index in [1.54, 1.807) is 0 Å². The lowest BCUT2D eigenvalue weighted by atomic mass is 10.1. The van der Waals surface area contributed by atoms with Crippen molar-refractivity contribution in [3.63, 3.8) is 0 Å². The monoisotopic (exact) mass is 219 g/mol. The fraction of sp³-hybridized carbons (Fsp3) is 0.500. The van der Waals surface area contributed by atoms with Crippen molar-refractivity contribution >= 4 is 11.7 Å². The van der Waals surface area contributed by atoms with Crippen LogP contribution in [-0.2, 0) is 4.79 Å². The van der Waals surface area contributed by atoms with E-state index in [9.17, 15) is 4.79 Å². The molecule has 1 amide bonds. The fourth-order valence-corrected chi connectivity index (χ4v) is 2.19. The molecular formula is C12H17N3O. The van der Waals surface area contributed by atoms with E-state index in [4.69, 9.17) is 0 Å². The van der Waals surface area contributed by atoms with Gasteiger partial charge in [-0.25, -0.2) is 4.98 Å². The highest BCUT2D eigenvalue weighted by Gasteiger charge is 2.22. The first kappa shape index (κ1) is 11.1. The van der Waals surface area contributed by atoms with E-state index in [1.165, 1.54) is 25.3 Å². The molecule has 0 radical (unpaired) electrons. The van der Waals surface area contributed by atoms with E-state index in [0.29, 0.717) is 11.9 Å². The zero-order valence-corrected chi connectivity index (χ0v) is 9.73. The Bertz CT molecular complexity index is 374. The third-order valence-electron chi connectivity index (χ3n) is 3.00. The molecule has 1 unspecified atom stereocenters. The first-order valence-electron chi connectivity index (χ1n) is 5.60. The summed E-state index contributed by atoms with van der Waals surface area (Å²) in [5, 5.41) is 2.67. The highest BCUT2D eigenvalue weighted by molar-refractivity contribution is 5.87. The number of carbonyl (C=O) groups is 1. The summed E-state index contributed by atoms with van der Waals surface area (Å²) in [5.74, 6) is 0.537. The summed E-state index contributed by atoms with van der Waals surface area (Å²) in [6.45, 7) is 2.64. The summed E-state index contributed by atoms with van der Waals surface area (Å²) in [7, 11) is 2.14. The van der Waals surface area contributed by atoms with Crippen LogP contribution in [-0.4, -0.2) is 29.4 Å². The van der Waals surface area contributed by atoms with E-state index in [0.717, 1.165) is 6.54 Å². The molecule has 0 aromatic carbocycles. The van der Waals surface area contributed by atoms with Gasteiger partial charge in [-0.3, -0.25) is 9.69 Å². The van der Waals surface area contributed by atoms with Gasteiger partial charge in [0.1, 0.15) is 5.82 Å². The van der Waals surface area contributed by atoms with Crippen LogP contribution in [0.2, 0.25) is 0 Å². The maximum atomic E-state index is 10.8. The molecule has 1 saturated heterocycles. The normalized spacial score (nSPS) is 21.0. The van der Waals surface area contributed by atoms with Crippen LogP contribution < -0.4 is 5.32 Å². The Morgan fingerprint density at radius 1 is 1.56 bits per heavy atom. The molecule has 0 aliphatic carbocycles. The van der Waals surface area contributed by atoms with Crippen LogP contribution in [0.5, 0.6) is 0 Å². The van der Waals surface area contributed by atoms with Crippen molar-refractivity contribution in [3.8, 4) is 0 Å². The van der Waals surface area contributed by atoms with Crippen LogP contribution in [0.25, 0.3) is 0 Å². The van der Waals surface area contributed by atoms with Gasteiger partial charge in [-0.1, -0.05) is 6.07 Å². The largest absolute Gasteiger partial charge is 0.311 e. The Balaban J connectivity index is 2.09. The van der Waals surface area contributed by atoms with Crippen molar-refractivity contribution in [2.45, 2.75) is 25.8 Å². The molecule has 0 spiro atoms. The lowest BCUT2D eigenvalue weighted by molar-refractivity contribution is -0.114. The van der Waals surface area contributed by atoms with Gasteiger partial charge in [-0.15, -0.1) is 0 Å². The number of amides is 1. The third-order valence-corrected chi connectivity index (χ3v) is 3.00. The van der Waals surface area contributed by atoms with Gasteiger partial charge in [-0.05, 0) is 38.1 Å². The zero-order chi connectivity index (χ0) is 11.5. The molecule has 1 aliphatic rings. The van der Waals surface area contributed by atoms with Gasteiger partial charge >= 0.3 is 0 Å². The number of nitrogens with one attached hydrogen (secondary N) is 1. The van der Waals surface area contributed by atoms with Crippen molar-refractivity contribution in [2.24, 2.45) is 0 Å². The van der Waals surface area contributed by atoms with Crippen LogP contribution >= 0.6 is 0 Å². The average Bonchev–Trinajstić information content (AvgIpc) is 2.65. The molecule has 0 saturated carbocycles. The molecule has 1 aliphatic heterocycles. The minimum absolute atomic E-state index is 0.0850. The first-order chi connectivity index (χ1) is 7.66. The van der Waals surface area contributed by atoms with Gasteiger partial charge in [0.2, 0.25) is 5.91 Å². The Labute approximate surface area is 95.7 Å². The van der Waals surface area contributed by atoms with E-state index in [1.807, 2.05) is 18.3 Å². The molecule has 1 N–H and O–H groups in total. The van der Waals surface area contributed by atoms with Crippen LogP contribution in [0.3, 0.4) is 0 Å². The third kappa shape index (κ3) is 2.39. The number of carbonyl (C=O) groups excluding carboxylic acids is 1. The number of likely N-dealkylation sites (tertiary alicyclic amines) is 1. The van der Waals surface area contributed by atoms with Gasteiger partial charge in [-0.2, -0.15) is 0 Å². The molecule has 4 heteroatoms. The number of anilines is 1. The number of aromatic nitrogens is 1. The topological polar surface area (TPSA) is 45.2 Å². The number of rotatable bonds is 2. The number of nitrogens with zero attached hydrogens (tertiary/aromatic N) is 2. The van der Waals surface area contributed by atoms with E-state index >= 15 is 0 Å². The first-order valence-corrected chi connectivity index (χ1v) is 5.60. The minimum Gasteiger partial charge on any atom is -0.311 e. The van der Waals surface area contributed by atoms with Crippen LogP contribution in [0.4, 0.5) is 5.82 Å². The number of pyridine rings is 1. The molecule has 2 rings (SSSR count). The second-order valence-electron chi connectivity index (χ2n) is 4.30. The van der Waals surface area contributed by atoms with Crippen molar-refractivity contribution in [1.82, 2.24) is 9.88 Å². The lowest BCUT2D eigenvalue weighted by Gasteiger charge is -2.19. The van der Waals surface area contributed by atoms with Crippen molar-refractivity contribution in [1.29, 1.82) is 0 Å². The van der Waals surface area contributed by atoms with E-state index in [-0.39, 0.29) is 5.91 Å². The summed E-state index contributed by atoms with van der Waals surface area (Å²) >= 11 is 0. The average molecular weight is 219 g/mol. The summed E-state index contributed by atoms with van der Waals surface area (Å²) in [6, 6.07) is 4.40. The van der Waals surface area contributed by atoms with Crippen LogP contribution in [0.1, 0.15) is 31.4 Å².